The minimum atomic E-state index is -0.983. The highest BCUT2D eigenvalue weighted by atomic mass is 19.2. The molecule has 0 fully saturated rings. The molecule has 0 aliphatic rings. The number of aliphatic hydroxyl groups is 1. The molecule has 3 nitrogen and oxygen atoms in total. The van der Waals surface area contributed by atoms with Gasteiger partial charge >= 0.3 is 0 Å². The number of hydrogen-bond donors (Lipinski definition) is 1. The molecule has 1 atom stereocenters. The molecule has 0 saturated carbocycles. The third-order valence-electron chi connectivity index (χ3n) is 2.74. The summed E-state index contributed by atoms with van der Waals surface area (Å²) >= 11 is 0. The second kappa shape index (κ2) is 6.43. The first-order chi connectivity index (χ1) is 8.45. The molecule has 1 N–H and O–H groups in total. The first-order valence-electron chi connectivity index (χ1n) is 5.69. The molecule has 0 aliphatic carbocycles. The lowest BCUT2D eigenvalue weighted by Gasteiger charge is -2.26. The minimum Gasteiger partial charge on any atom is -0.387 e. The molecular weight excluding hydrogens is 238 g/mol. The molecule has 98 valence electrons. The highest BCUT2D eigenvalue weighted by molar-refractivity contribution is 5.20. The van der Waals surface area contributed by atoms with E-state index >= 15 is 0 Å². The molecule has 1 aromatic rings. The average molecular weight is 254 g/mol. The van der Waals surface area contributed by atoms with Gasteiger partial charge in [0.1, 0.15) is 0 Å². The Kier molecular flexibility index (Phi) is 5.20. The number of aliphatic hydroxyl groups excluding tert-OH is 1. The van der Waals surface area contributed by atoms with E-state index in [-0.39, 0.29) is 19.1 Å². The van der Waals surface area contributed by atoms with Gasteiger partial charge < -0.3 is 5.11 Å². The van der Waals surface area contributed by atoms with Gasteiger partial charge in [0.15, 0.2) is 11.6 Å². The Morgan fingerprint density at radius 2 is 2.00 bits per heavy atom. The smallest absolute Gasteiger partial charge is 0.159 e. The zero-order valence-corrected chi connectivity index (χ0v) is 10.4. The molecule has 1 unspecified atom stereocenters. The van der Waals surface area contributed by atoms with Crippen LogP contribution in [0.4, 0.5) is 8.78 Å². The maximum absolute atomic E-state index is 13.0. The zero-order chi connectivity index (χ0) is 13.7. The number of nitriles is 1. The molecule has 0 bridgehead atoms. The van der Waals surface area contributed by atoms with Crippen molar-refractivity contribution in [2.75, 3.05) is 13.1 Å². The maximum atomic E-state index is 13.0. The third-order valence-corrected chi connectivity index (χ3v) is 2.74. The summed E-state index contributed by atoms with van der Waals surface area (Å²) in [4.78, 5) is 1.76. The Bertz CT molecular complexity index is 443. The Hall–Kier alpha value is -1.51. The second-order valence-corrected chi connectivity index (χ2v) is 4.37. The van der Waals surface area contributed by atoms with Gasteiger partial charge in [0, 0.05) is 12.6 Å². The molecule has 0 amide bonds. The molecule has 0 aliphatic heterocycles. The van der Waals surface area contributed by atoms with Crippen molar-refractivity contribution in [3.8, 4) is 6.07 Å². The fourth-order valence-corrected chi connectivity index (χ4v) is 1.60. The van der Waals surface area contributed by atoms with Crippen LogP contribution in [0.15, 0.2) is 18.2 Å². The van der Waals surface area contributed by atoms with E-state index in [0.717, 1.165) is 12.1 Å². The monoisotopic (exact) mass is 254 g/mol. The van der Waals surface area contributed by atoms with E-state index in [2.05, 4.69) is 0 Å². The van der Waals surface area contributed by atoms with Crippen LogP contribution in [0.3, 0.4) is 0 Å². The lowest BCUT2D eigenvalue weighted by molar-refractivity contribution is 0.104. The molecule has 0 radical (unpaired) electrons. The van der Waals surface area contributed by atoms with Crippen LogP contribution in [0.1, 0.15) is 25.5 Å². The van der Waals surface area contributed by atoms with Crippen LogP contribution < -0.4 is 0 Å². The summed E-state index contributed by atoms with van der Waals surface area (Å²) in [7, 11) is 0. The molecule has 0 saturated heterocycles. The van der Waals surface area contributed by atoms with Crippen LogP contribution in [-0.4, -0.2) is 29.1 Å². The van der Waals surface area contributed by atoms with Crippen LogP contribution in [0, 0.1) is 23.0 Å². The predicted octanol–water partition coefficient (Wildman–Crippen LogP) is 2.23. The van der Waals surface area contributed by atoms with Crippen molar-refractivity contribution < 1.29 is 13.9 Å². The first-order valence-corrected chi connectivity index (χ1v) is 5.69. The van der Waals surface area contributed by atoms with Gasteiger partial charge in [0.05, 0.1) is 18.7 Å². The Morgan fingerprint density at radius 3 is 2.50 bits per heavy atom. The van der Waals surface area contributed by atoms with Crippen LogP contribution in [0.5, 0.6) is 0 Å². The zero-order valence-electron chi connectivity index (χ0n) is 10.4. The minimum absolute atomic E-state index is 0.0876. The number of halogens is 2. The summed E-state index contributed by atoms with van der Waals surface area (Å²) in [5.74, 6) is -1.92. The summed E-state index contributed by atoms with van der Waals surface area (Å²) in [6.45, 7) is 4.18. The van der Waals surface area contributed by atoms with Crippen molar-refractivity contribution in [2.24, 2.45) is 0 Å². The Labute approximate surface area is 105 Å². The lowest BCUT2D eigenvalue weighted by Crippen LogP contribution is -2.35. The van der Waals surface area contributed by atoms with Gasteiger partial charge in [-0.1, -0.05) is 6.07 Å². The Balaban J connectivity index is 2.77. The first kappa shape index (κ1) is 14.6. The highest BCUT2D eigenvalue weighted by Crippen LogP contribution is 2.18. The standard InChI is InChI=1S/C13H16F2N2O/c1-9(2)17(6-5-16)8-13(18)10-3-4-11(14)12(15)7-10/h3-4,7,9,13,18H,6,8H2,1-2H3. The van der Waals surface area contributed by atoms with Gasteiger partial charge in [-0.2, -0.15) is 5.26 Å². The van der Waals surface area contributed by atoms with Crippen molar-refractivity contribution in [3.63, 3.8) is 0 Å². The maximum Gasteiger partial charge on any atom is 0.159 e. The van der Waals surface area contributed by atoms with E-state index in [4.69, 9.17) is 5.26 Å². The van der Waals surface area contributed by atoms with Crippen molar-refractivity contribution in [1.29, 1.82) is 5.26 Å². The van der Waals surface area contributed by atoms with Gasteiger partial charge in [0.25, 0.3) is 0 Å². The van der Waals surface area contributed by atoms with E-state index in [0.29, 0.717) is 5.56 Å². The summed E-state index contributed by atoms with van der Waals surface area (Å²) < 4.78 is 25.8. The summed E-state index contributed by atoms with van der Waals surface area (Å²) in [6.07, 6.45) is -0.948. The number of nitrogens with zero attached hydrogens (tertiary/aromatic N) is 2. The molecule has 0 heterocycles. The van der Waals surface area contributed by atoms with Crippen molar-refractivity contribution in [3.05, 3.63) is 35.4 Å². The van der Waals surface area contributed by atoms with Gasteiger partial charge in [-0.3, -0.25) is 4.90 Å². The van der Waals surface area contributed by atoms with Crippen molar-refractivity contribution in [2.45, 2.75) is 26.0 Å². The highest BCUT2D eigenvalue weighted by Gasteiger charge is 2.17. The normalized spacial score (nSPS) is 12.8. The number of hydrogen-bond acceptors (Lipinski definition) is 3. The average Bonchev–Trinajstić information content (AvgIpc) is 2.31. The lowest BCUT2D eigenvalue weighted by atomic mass is 10.1. The second-order valence-electron chi connectivity index (χ2n) is 4.37. The fraction of sp³-hybridized carbons (Fsp3) is 0.462. The van der Waals surface area contributed by atoms with E-state index in [9.17, 15) is 13.9 Å². The van der Waals surface area contributed by atoms with Crippen LogP contribution in [0.25, 0.3) is 0 Å². The van der Waals surface area contributed by atoms with Crippen molar-refractivity contribution >= 4 is 0 Å². The third kappa shape index (κ3) is 3.76. The van der Waals surface area contributed by atoms with Crippen molar-refractivity contribution in [1.82, 2.24) is 4.90 Å². The number of rotatable bonds is 5. The quantitative estimate of drug-likeness (QED) is 0.820. The molecule has 0 aromatic heterocycles. The van der Waals surface area contributed by atoms with Crippen LogP contribution >= 0.6 is 0 Å². The van der Waals surface area contributed by atoms with E-state index < -0.39 is 17.7 Å². The SMILES string of the molecule is CC(C)N(CC#N)CC(O)c1ccc(F)c(F)c1. The molecule has 0 spiro atoms. The van der Waals surface area contributed by atoms with Gasteiger partial charge in [-0.15, -0.1) is 0 Å². The molecule has 5 heteroatoms. The largest absolute Gasteiger partial charge is 0.387 e. The fourth-order valence-electron chi connectivity index (χ4n) is 1.60. The molecule has 18 heavy (non-hydrogen) atoms. The summed E-state index contributed by atoms with van der Waals surface area (Å²) in [5.41, 5.74) is 0.303. The molecule has 1 rings (SSSR count). The topological polar surface area (TPSA) is 47.3 Å². The van der Waals surface area contributed by atoms with E-state index in [1.165, 1.54) is 6.07 Å². The van der Waals surface area contributed by atoms with E-state index in [1.54, 1.807) is 4.90 Å². The molecular formula is C13H16F2N2O. The van der Waals surface area contributed by atoms with Crippen LogP contribution in [0.2, 0.25) is 0 Å². The summed E-state index contributed by atoms with van der Waals surface area (Å²) in [5, 5.41) is 18.6. The number of benzene rings is 1. The summed E-state index contributed by atoms with van der Waals surface area (Å²) in [6, 6.07) is 5.40. The van der Waals surface area contributed by atoms with Gasteiger partial charge in [-0.05, 0) is 31.5 Å². The van der Waals surface area contributed by atoms with Gasteiger partial charge in [0.2, 0.25) is 0 Å². The van der Waals surface area contributed by atoms with Gasteiger partial charge in [-0.25, -0.2) is 8.78 Å². The van der Waals surface area contributed by atoms with Crippen LogP contribution in [-0.2, 0) is 0 Å². The predicted molar refractivity (Wildman–Crippen MR) is 63.6 cm³/mol. The Morgan fingerprint density at radius 1 is 1.33 bits per heavy atom. The molecule has 1 aromatic carbocycles. The van der Waals surface area contributed by atoms with E-state index in [1.807, 2.05) is 19.9 Å².